The van der Waals surface area contributed by atoms with Gasteiger partial charge in [0.15, 0.2) is 0 Å². The largest absolute Gasteiger partial charge is 0.327 e. The molecule has 3 aromatic rings. The molecule has 104 valence electrons. The molecule has 0 saturated heterocycles. The fourth-order valence-corrected chi connectivity index (χ4v) is 2.53. The van der Waals surface area contributed by atoms with Crippen LogP contribution in [0.15, 0.2) is 42.5 Å². The van der Waals surface area contributed by atoms with E-state index in [1.165, 1.54) is 5.56 Å². The lowest BCUT2D eigenvalue weighted by Gasteiger charge is -2.07. The molecule has 1 aromatic heterocycles. The maximum Gasteiger partial charge on any atom is 0.140 e. The molecule has 0 unspecified atom stereocenters. The summed E-state index contributed by atoms with van der Waals surface area (Å²) in [4.78, 5) is 4.69. The van der Waals surface area contributed by atoms with E-state index in [1.54, 1.807) is 6.07 Å². The van der Waals surface area contributed by atoms with Crippen LogP contribution in [0.25, 0.3) is 22.4 Å². The third kappa shape index (κ3) is 2.30. The lowest BCUT2D eigenvalue weighted by atomic mass is 10.0. The number of aryl methyl sites for hydroxylation is 1. The van der Waals surface area contributed by atoms with Crippen molar-refractivity contribution < 1.29 is 0 Å². The first kappa shape index (κ1) is 13.4. The number of rotatable bonds is 2. The van der Waals surface area contributed by atoms with Gasteiger partial charge in [0.05, 0.1) is 22.7 Å². The first-order valence-corrected chi connectivity index (χ1v) is 7.07. The molecular weight excluding hydrogens is 258 g/mol. The summed E-state index contributed by atoms with van der Waals surface area (Å²) in [6.45, 7) is 4.38. The zero-order valence-electron chi connectivity index (χ0n) is 12.5. The molecule has 0 aliphatic heterocycles. The van der Waals surface area contributed by atoms with Crippen LogP contribution in [0, 0.1) is 11.3 Å². The van der Waals surface area contributed by atoms with E-state index in [4.69, 9.17) is 5.26 Å². The van der Waals surface area contributed by atoms with E-state index in [9.17, 15) is 0 Å². The minimum Gasteiger partial charge on any atom is -0.327 e. The van der Waals surface area contributed by atoms with Crippen molar-refractivity contribution in [2.75, 3.05) is 0 Å². The molecule has 1 heterocycles. The summed E-state index contributed by atoms with van der Waals surface area (Å²) in [6, 6.07) is 16.3. The Hall–Kier alpha value is -2.60. The molecule has 3 rings (SSSR count). The molecule has 0 spiro atoms. The molecular formula is C18H17N3. The van der Waals surface area contributed by atoms with Gasteiger partial charge in [-0.25, -0.2) is 4.98 Å². The zero-order valence-corrected chi connectivity index (χ0v) is 12.5. The average molecular weight is 275 g/mol. The quantitative estimate of drug-likeness (QED) is 0.702. The molecule has 3 heteroatoms. The zero-order chi connectivity index (χ0) is 15.0. The number of nitrogens with zero attached hydrogens (tertiary/aromatic N) is 3. The minimum absolute atomic E-state index is 0.526. The molecule has 0 fully saturated rings. The van der Waals surface area contributed by atoms with Gasteiger partial charge in [-0.05, 0) is 29.7 Å². The van der Waals surface area contributed by atoms with Crippen LogP contribution in [-0.4, -0.2) is 9.55 Å². The van der Waals surface area contributed by atoms with E-state index >= 15 is 0 Å². The molecule has 0 N–H and O–H groups in total. The Labute approximate surface area is 124 Å². The number of hydrogen-bond donors (Lipinski definition) is 0. The van der Waals surface area contributed by atoms with Gasteiger partial charge in [-0.3, -0.25) is 0 Å². The number of benzene rings is 2. The topological polar surface area (TPSA) is 41.6 Å². The summed E-state index contributed by atoms with van der Waals surface area (Å²) in [5.41, 5.74) is 4.98. The molecule has 3 nitrogen and oxygen atoms in total. The minimum atomic E-state index is 0.526. The van der Waals surface area contributed by atoms with Gasteiger partial charge in [0.2, 0.25) is 0 Å². The Morgan fingerprint density at radius 3 is 2.43 bits per heavy atom. The van der Waals surface area contributed by atoms with Gasteiger partial charge in [0, 0.05) is 12.6 Å². The predicted molar refractivity (Wildman–Crippen MR) is 85.0 cm³/mol. The predicted octanol–water partition coefficient (Wildman–Crippen LogP) is 4.24. The molecule has 0 atom stereocenters. The van der Waals surface area contributed by atoms with Crippen molar-refractivity contribution in [2.45, 2.75) is 19.8 Å². The standard InChI is InChI=1S/C18H17N3/c1-12(2)14-5-7-15(8-6-14)18-20-16-9-4-13(11-19)10-17(16)21(18)3/h4-10,12H,1-3H3. The average Bonchev–Trinajstić information content (AvgIpc) is 2.84. The number of hydrogen-bond acceptors (Lipinski definition) is 2. The summed E-state index contributed by atoms with van der Waals surface area (Å²) in [5.74, 6) is 1.45. The number of aromatic nitrogens is 2. The van der Waals surface area contributed by atoms with Crippen LogP contribution in [-0.2, 0) is 7.05 Å². The maximum absolute atomic E-state index is 9.01. The monoisotopic (exact) mass is 275 g/mol. The van der Waals surface area contributed by atoms with Gasteiger partial charge in [-0.15, -0.1) is 0 Å². The molecule has 0 radical (unpaired) electrons. The van der Waals surface area contributed by atoms with E-state index in [0.29, 0.717) is 11.5 Å². The highest BCUT2D eigenvalue weighted by molar-refractivity contribution is 5.81. The number of nitriles is 1. The highest BCUT2D eigenvalue weighted by Gasteiger charge is 2.10. The Kier molecular flexibility index (Phi) is 3.23. The fraction of sp³-hybridized carbons (Fsp3) is 0.222. The third-order valence-electron chi connectivity index (χ3n) is 3.85. The molecule has 21 heavy (non-hydrogen) atoms. The second-order valence-corrected chi connectivity index (χ2v) is 5.59. The van der Waals surface area contributed by atoms with E-state index in [0.717, 1.165) is 22.4 Å². The number of fused-ring (bicyclic) bond motifs is 1. The fourth-order valence-electron chi connectivity index (χ4n) is 2.53. The Balaban J connectivity index is 2.12. The van der Waals surface area contributed by atoms with Crippen molar-refractivity contribution in [3.8, 4) is 17.5 Å². The van der Waals surface area contributed by atoms with Gasteiger partial charge in [-0.2, -0.15) is 5.26 Å². The van der Waals surface area contributed by atoms with E-state index in [2.05, 4.69) is 49.2 Å². The Morgan fingerprint density at radius 1 is 1.10 bits per heavy atom. The van der Waals surface area contributed by atoms with E-state index in [1.807, 2.05) is 23.7 Å². The van der Waals surface area contributed by atoms with Crippen molar-refractivity contribution in [1.29, 1.82) is 5.26 Å². The van der Waals surface area contributed by atoms with Gasteiger partial charge >= 0.3 is 0 Å². The molecule has 2 aromatic carbocycles. The van der Waals surface area contributed by atoms with Crippen LogP contribution >= 0.6 is 0 Å². The van der Waals surface area contributed by atoms with Crippen LogP contribution in [0.2, 0.25) is 0 Å². The van der Waals surface area contributed by atoms with Crippen LogP contribution in [0.5, 0.6) is 0 Å². The van der Waals surface area contributed by atoms with Gasteiger partial charge in [0.25, 0.3) is 0 Å². The third-order valence-corrected chi connectivity index (χ3v) is 3.85. The first-order chi connectivity index (χ1) is 10.1. The summed E-state index contributed by atoms with van der Waals surface area (Å²) >= 11 is 0. The molecule has 0 amide bonds. The molecule has 0 saturated carbocycles. The highest BCUT2D eigenvalue weighted by Crippen LogP contribution is 2.26. The summed E-state index contributed by atoms with van der Waals surface area (Å²) in [7, 11) is 1.99. The van der Waals surface area contributed by atoms with Crippen molar-refractivity contribution in [2.24, 2.45) is 7.05 Å². The lowest BCUT2D eigenvalue weighted by Crippen LogP contribution is -1.93. The molecule has 0 bridgehead atoms. The van der Waals surface area contributed by atoms with Crippen LogP contribution in [0.4, 0.5) is 0 Å². The van der Waals surface area contributed by atoms with Gasteiger partial charge in [-0.1, -0.05) is 38.1 Å². The van der Waals surface area contributed by atoms with Crippen molar-refractivity contribution >= 4 is 11.0 Å². The van der Waals surface area contributed by atoms with E-state index < -0.39 is 0 Å². The molecule has 0 aliphatic rings. The Morgan fingerprint density at radius 2 is 1.81 bits per heavy atom. The van der Waals surface area contributed by atoms with Crippen LogP contribution in [0.1, 0.15) is 30.9 Å². The maximum atomic E-state index is 9.01. The van der Waals surface area contributed by atoms with Gasteiger partial charge < -0.3 is 4.57 Å². The summed E-state index contributed by atoms with van der Waals surface area (Å²) in [6.07, 6.45) is 0. The van der Waals surface area contributed by atoms with Crippen LogP contribution in [0.3, 0.4) is 0 Å². The Bertz CT molecular complexity index is 833. The summed E-state index contributed by atoms with van der Waals surface area (Å²) in [5, 5.41) is 9.01. The van der Waals surface area contributed by atoms with Crippen LogP contribution < -0.4 is 0 Å². The second kappa shape index (κ2) is 5.06. The molecule has 0 aliphatic carbocycles. The van der Waals surface area contributed by atoms with Gasteiger partial charge in [0.1, 0.15) is 5.82 Å². The second-order valence-electron chi connectivity index (χ2n) is 5.59. The smallest absolute Gasteiger partial charge is 0.140 e. The highest BCUT2D eigenvalue weighted by atomic mass is 15.1. The van der Waals surface area contributed by atoms with Crippen molar-refractivity contribution in [3.63, 3.8) is 0 Å². The van der Waals surface area contributed by atoms with Crippen molar-refractivity contribution in [3.05, 3.63) is 53.6 Å². The number of imidazole rings is 1. The van der Waals surface area contributed by atoms with Crippen molar-refractivity contribution in [1.82, 2.24) is 9.55 Å². The SMILES string of the molecule is CC(C)c1ccc(-c2nc3ccc(C#N)cc3n2C)cc1. The normalized spacial score (nSPS) is 11.0. The van der Waals surface area contributed by atoms with E-state index in [-0.39, 0.29) is 0 Å². The lowest BCUT2D eigenvalue weighted by molar-refractivity contribution is 0.866. The first-order valence-electron chi connectivity index (χ1n) is 7.07. The summed E-state index contributed by atoms with van der Waals surface area (Å²) < 4.78 is 2.04.